The third-order valence-corrected chi connectivity index (χ3v) is 2.77. The summed E-state index contributed by atoms with van der Waals surface area (Å²) in [5, 5.41) is 0. The molecule has 0 fully saturated rings. The number of nitrogens with one attached hydrogen (secondary N) is 1. The first-order chi connectivity index (χ1) is 8.15. The van der Waals surface area contributed by atoms with Crippen LogP contribution in [0.3, 0.4) is 0 Å². The minimum absolute atomic E-state index is 0.138. The van der Waals surface area contributed by atoms with Crippen LogP contribution in [-0.2, 0) is 9.53 Å². The summed E-state index contributed by atoms with van der Waals surface area (Å²) in [4.78, 5) is 25.6. The number of carbonyl (C=O) groups is 1. The minimum atomic E-state index is -0.409. The lowest BCUT2D eigenvalue weighted by atomic mass is 10.2. The van der Waals surface area contributed by atoms with Gasteiger partial charge in [-0.1, -0.05) is 6.07 Å². The second-order valence-electron chi connectivity index (χ2n) is 4.03. The number of rotatable bonds is 1. The zero-order valence-corrected chi connectivity index (χ0v) is 9.19. The Labute approximate surface area is 96.3 Å². The molecule has 0 bridgehead atoms. The Balaban J connectivity index is 2.29. The molecule has 2 aromatic rings. The molecule has 0 radical (unpaired) electrons. The third kappa shape index (κ3) is 1.47. The first-order valence-electron chi connectivity index (χ1n) is 5.24. The van der Waals surface area contributed by atoms with Gasteiger partial charge in [-0.25, -0.2) is 9.59 Å². The molecular weight excluding hydrogens is 220 g/mol. The van der Waals surface area contributed by atoms with Gasteiger partial charge in [-0.3, -0.25) is 4.57 Å². The number of H-pyrrole nitrogens is 1. The smallest absolute Gasteiger partial charge is 0.333 e. The van der Waals surface area contributed by atoms with Crippen LogP contribution in [0, 0.1) is 6.92 Å². The van der Waals surface area contributed by atoms with Crippen molar-refractivity contribution in [3.8, 4) is 0 Å². The molecule has 2 heterocycles. The lowest BCUT2D eigenvalue weighted by Gasteiger charge is -2.02. The van der Waals surface area contributed by atoms with Crippen LogP contribution >= 0.6 is 0 Å². The van der Waals surface area contributed by atoms with Crippen molar-refractivity contribution in [1.29, 1.82) is 0 Å². The number of aromatic amines is 1. The maximum Gasteiger partial charge on any atom is 0.333 e. The van der Waals surface area contributed by atoms with E-state index in [0.29, 0.717) is 5.70 Å². The van der Waals surface area contributed by atoms with Crippen LogP contribution in [0.25, 0.3) is 16.7 Å². The van der Waals surface area contributed by atoms with Crippen molar-refractivity contribution in [1.82, 2.24) is 9.55 Å². The van der Waals surface area contributed by atoms with Gasteiger partial charge in [0.15, 0.2) is 0 Å². The number of aryl methyl sites for hydroxylation is 1. The molecule has 3 rings (SSSR count). The van der Waals surface area contributed by atoms with E-state index in [2.05, 4.69) is 4.98 Å². The average molecular weight is 230 g/mol. The van der Waals surface area contributed by atoms with Gasteiger partial charge in [0.1, 0.15) is 6.61 Å². The summed E-state index contributed by atoms with van der Waals surface area (Å²) >= 11 is 0. The summed E-state index contributed by atoms with van der Waals surface area (Å²) in [6.45, 7) is 2.09. The van der Waals surface area contributed by atoms with Crippen molar-refractivity contribution < 1.29 is 9.53 Å². The monoisotopic (exact) mass is 230 g/mol. The Morgan fingerprint density at radius 3 is 2.88 bits per heavy atom. The number of cyclic esters (lactones) is 1. The van der Waals surface area contributed by atoms with Gasteiger partial charge in [0.25, 0.3) is 0 Å². The Bertz CT molecular complexity index is 706. The molecule has 86 valence electrons. The molecule has 0 unspecified atom stereocenters. The number of aromatic nitrogens is 2. The predicted molar refractivity (Wildman–Crippen MR) is 62.5 cm³/mol. The van der Waals surface area contributed by atoms with E-state index in [1.807, 2.05) is 25.1 Å². The fourth-order valence-electron chi connectivity index (χ4n) is 2.00. The van der Waals surface area contributed by atoms with E-state index in [9.17, 15) is 9.59 Å². The Kier molecular flexibility index (Phi) is 1.95. The van der Waals surface area contributed by atoms with Gasteiger partial charge in [-0.05, 0) is 24.6 Å². The number of carbonyl (C=O) groups excluding carboxylic acids is 1. The highest BCUT2D eigenvalue weighted by atomic mass is 16.5. The molecule has 1 aliphatic heterocycles. The molecule has 1 aromatic carbocycles. The fourth-order valence-corrected chi connectivity index (χ4v) is 2.00. The normalized spacial score (nSPS) is 15.1. The van der Waals surface area contributed by atoms with Crippen molar-refractivity contribution in [2.45, 2.75) is 6.92 Å². The predicted octanol–water partition coefficient (Wildman–Crippen LogP) is 1.04. The van der Waals surface area contributed by atoms with E-state index in [0.717, 1.165) is 16.6 Å². The Hall–Kier alpha value is -2.30. The molecule has 1 aliphatic rings. The molecule has 0 spiro atoms. The molecular formula is C12H10N2O3. The second-order valence-corrected chi connectivity index (χ2v) is 4.03. The summed E-state index contributed by atoms with van der Waals surface area (Å²) in [6, 6.07) is 5.67. The van der Waals surface area contributed by atoms with Crippen LogP contribution in [-0.4, -0.2) is 22.1 Å². The fraction of sp³-hybridized carbons (Fsp3) is 0.167. The molecule has 0 saturated heterocycles. The summed E-state index contributed by atoms with van der Waals surface area (Å²) in [7, 11) is 0. The number of ether oxygens (including phenoxy) is 1. The molecule has 1 aromatic heterocycles. The van der Waals surface area contributed by atoms with Crippen molar-refractivity contribution in [3.63, 3.8) is 0 Å². The zero-order chi connectivity index (χ0) is 12.0. The van der Waals surface area contributed by atoms with Gasteiger partial charge in [0.2, 0.25) is 0 Å². The number of hydrogen-bond donors (Lipinski definition) is 1. The molecule has 5 nitrogen and oxygen atoms in total. The van der Waals surface area contributed by atoms with Crippen LogP contribution in [0.15, 0.2) is 29.1 Å². The zero-order valence-electron chi connectivity index (χ0n) is 9.19. The lowest BCUT2D eigenvalue weighted by Crippen LogP contribution is -2.16. The van der Waals surface area contributed by atoms with Gasteiger partial charge in [0, 0.05) is 6.08 Å². The van der Waals surface area contributed by atoms with Gasteiger partial charge in [-0.2, -0.15) is 0 Å². The van der Waals surface area contributed by atoms with Gasteiger partial charge < -0.3 is 9.72 Å². The number of benzene rings is 1. The summed E-state index contributed by atoms with van der Waals surface area (Å²) in [6.07, 6.45) is 1.34. The van der Waals surface area contributed by atoms with Gasteiger partial charge in [-0.15, -0.1) is 0 Å². The van der Waals surface area contributed by atoms with Crippen LogP contribution in [0.4, 0.5) is 0 Å². The number of nitrogens with zero attached hydrogens (tertiary/aromatic N) is 1. The van der Waals surface area contributed by atoms with E-state index in [1.54, 1.807) is 0 Å². The van der Waals surface area contributed by atoms with E-state index in [-0.39, 0.29) is 12.3 Å². The molecule has 5 heteroatoms. The SMILES string of the molecule is Cc1ccc2c(c1)[nH]c(=O)n2C1=CC(=O)OC1. The average Bonchev–Trinajstić information content (AvgIpc) is 2.80. The second kappa shape index (κ2) is 3.35. The summed E-state index contributed by atoms with van der Waals surface area (Å²) in [5.74, 6) is -0.409. The number of imidazole rings is 1. The van der Waals surface area contributed by atoms with E-state index < -0.39 is 5.97 Å². The van der Waals surface area contributed by atoms with E-state index in [4.69, 9.17) is 4.74 Å². The van der Waals surface area contributed by atoms with Crippen LogP contribution in [0.2, 0.25) is 0 Å². The maximum absolute atomic E-state index is 11.8. The van der Waals surface area contributed by atoms with E-state index >= 15 is 0 Å². The van der Waals surface area contributed by atoms with Crippen LogP contribution in [0.1, 0.15) is 5.56 Å². The highest BCUT2D eigenvalue weighted by molar-refractivity contribution is 5.93. The standard InChI is InChI=1S/C12H10N2O3/c1-7-2-3-10-9(4-7)13-12(16)14(10)8-5-11(15)17-6-8/h2-5H,6H2,1H3,(H,13,16). The quantitative estimate of drug-likeness (QED) is 0.744. The first-order valence-corrected chi connectivity index (χ1v) is 5.24. The topological polar surface area (TPSA) is 64.1 Å². The van der Waals surface area contributed by atoms with Crippen molar-refractivity contribution in [2.75, 3.05) is 6.61 Å². The molecule has 0 atom stereocenters. The first kappa shape index (κ1) is 9.89. The molecule has 0 saturated carbocycles. The third-order valence-electron chi connectivity index (χ3n) is 2.77. The van der Waals surface area contributed by atoms with Crippen molar-refractivity contribution in [3.05, 3.63) is 40.3 Å². The van der Waals surface area contributed by atoms with Crippen molar-refractivity contribution in [2.24, 2.45) is 0 Å². The molecule has 0 amide bonds. The molecule has 17 heavy (non-hydrogen) atoms. The van der Waals surface area contributed by atoms with Gasteiger partial charge >= 0.3 is 11.7 Å². The molecule has 0 aliphatic carbocycles. The summed E-state index contributed by atoms with van der Waals surface area (Å²) in [5.41, 5.74) is 2.89. The minimum Gasteiger partial charge on any atom is -0.456 e. The highest BCUT2D eigenvalue weighted by Crippen LogP contribution is 2.18. The summed E-state index contributed by atoms with van der Waals surface area (Å²) < 4.78 is 6.28. The lowest BCUT2D eigenvalue weighted by molar-refractivity contribution is -0.134. The highest BCUT2D eigenvalue weighted by Gasteiger charge is 2.18. The Morgan fingerprint density at radius 1 is 1.35 bits per heavy atom. The number of esters is 1. The number of hydrogen-bond acceptors (Lipinski definition) is 3. The maximum atomic E-state index is 11.8. The van der Waals surface area contributed by atoms with E-state index in [1.165, 1.54) is 10.6 Å². The van der Waals surface area contributed by atoms with Crippen LogP contribution in [0.5, 0.6) is 0 Å². The van der Waals surface area contributed by atoms with Crippen molar-refractivity contribution >= 4 is 22.7 Å². The van der Waals surface area contributed by atoms with Gasteiger partial charge in [0.05, 0.1) is 16.7 Å². The Morgan fingerprint density at radius 2 is 2.18 bits per heavy atom. The molecule has 1 N–H and O–H groups in total. The van der Waals surface area contributed by atoms with Crippen LogP contribution < -0.4 is 5.69 Å². The largest absolute Gasteiger partial charge is 0.456 e. The number of fused-ring (bicyclic) bond motifs is 1.